The van der Waals surface area contributed by atoms with Crippen molar-refractivity contribution in [3.8, 4) is 11.1 Å². The Balaban J connectivity index is 2.04. The molecule has 0 radical (unpaired) electrons. The molecule has 1 aliphatic rings. The van der Waals surface area contributed by atoms with Gasteiger partial charge in [-0.15, -0.1) is 11.8 Å². The second-order valence-corrected chi connectivity index (χ2v) is 7.87. The van der Waals surface area contributed by atoms with Gasteiger partial charge in [0.25, 0.3) is 5.56 Å². The molecule has 144 valence electrons. The van der Waals surface area contributed by atoms with Gasteiger partial charge in [-0.25, -0.2) is 8.78 Å². The van der Waals surface area contributed by atoms with Crippen molar-refractivity contribution in [2.45, 2.75) is 56.5 Å². The molecule has 0 spiro atoms. The van der Waals surface area contributed by atoms with Crippen LogP contribution in [0.2, 0.25) is 0 Å². The van der Waals surface area contributed by atoms with Gasteiger partial charge in [0, 0.05) is 17.4 Å². The lowest BCUT2D eigenvalue weighted by atomic mass is 9.96. The molecule has 0 N–H and O–H groups in total. The van der Waals surface area contributed by atoms with Gasteiger partial charge in [0.2, 0.25) is 0 Å². The summed E-state index contributed by atoms with van der Waals surface area (Å²) in [6.07, 6.45) is 6.94. The molecule has 1 aromatic heterocycles. The molecule has 1 atom stereocenters. The van der Waals surface area contributed by atoms with Crippen LogP contribution in [0.15, 0.2) is 34.1 Å². The fourth-order valence-corrected chi connectivity index (χ4v) is 4.83. The number of thioether (sulfide) groups is 1. The first-order valence-corrected chi connectivity index (χ1v) is 10.4. The summed E-state index contributed by atoms with van der Waals surface area (Å²) >= 11 is 1.42. The quantitative estimate of drug-likeness (QED) is 0.461. The Labute approximate surface area is 161 Å². The molecule has 2 heterocycles. The number of halogens is 2. The number of pyridine rings is 1. The van der Waals surface area contributed by atoms with Gasteiger partial charge in [0.15, 0.2) is 11.6 Å². The van der Waals surface area contributed by atoms with Gasteiger partial charge in [-0.2, -0.15) is 0 Å². The zero-order valence-corrected chi connectivity index (χ0v) is 16.2. The van der Waals surface area contributed by atoms with Gasteiger partial charge in [-0.05, 0) is 36.1 Å². The second kappa shape index (κ2) is 8.83. The van der Waals surface area contributed by atoms with E-state index in [1.165, 1.54) is 34.9 Å². The molecule has 0 saturated carbocycles. The molecule has 0 saturated heterocycles. The summed E-state index contributed by atoms with van der Waals surface area (Å²) in [5, 5.41) is 0.675. The molecular formula is C21H23F2NO2S. The summed E-state index contributed by atoms with van der Waals surface area (Å²) < 4.78 is 28.7. The number of hydrogen-bond donors (Lipinski definition) is 0. The highest BCUT2D eigenvalue weighted by Gasteiger charge is 2.28. The minimum absolute atomic E-state index is 0.206. The first-order chi connectivity index (χ1) is 13.1. The van der Waals surface area contributed by atoms with Crippen LogP contribution in [-0.2, 0) is 11.2 Å². The van der Waals surface area contributed by atoms with E-state index < -0.39 is 17.7 Å². The van der Waals surface area contributed by atoms with Crippen LogP contribution in [0.3, 0.4) is 0 Å². The highest BCUT2D eigenvalue weighted by atomic mass is 32.2. The fraction of sp³-hybridized carbons (Fsp3) is 0.429. The van der Waals surface area contributed by atoms with E-state index in [-0.39, 0.29) is 5.56 Å². The predicted molar refractivity (Wildman–Crippen MR) is 104 cm³/mol. The summed E-state index contributed by atoms with van der Waals surface area (Å²) in [7, 11) is 0. The maximum atomic E-state index is 13.9. The molecule has 0 unspecified atom stereocenters. The van der Waals surface area contributed by atoms with Gasteiger partial charge in [0.05, 0.1) is 5.03 Å². The van der Waals surface area contributed by atoms with E-state index in [0.29, 0.717) is 22.8 Å². The maximum absolute atomic E-state index is 13.9. The summed E-state index contributed by atoms with van der Waals surface area (Å²) in [5.41, 5.74) is 1.92. The summed E-state index contributed by atoms with van der Waals surface area (Å²) in [6, 6.07) is 4.86. The average Bonchev–Trinajstić information content (AvgIpc) is 3.09. The SMILES string of the molecule is CCCCCCCc1cc(=O)n2c(c1-c1ccc(F)c(F)c1)SC[C@@H]2C=O. The standard InChI is InChI=1S/C21H23F2NO2S/c1-2-3-4-5-6-7-14-11-19(26)24-16(12-25)13-27-21(24)20(14)15-8-9-17(22)18(23)10-15/h8-12,16H,2-7,13H2,1H3/t16-/m0/s1. The fourth-order valence-electron chi connectivity index (χ4n) is 3.52. The van der Waals surface area contributed by atoms with Gasteiger partial charge in [-0.1, -0.05) is 38.7 Å². The lowest BCUT2D eigenvalue weighted by molar-refractivity contribution is -0.110. The Morgan fingerprint density at radius 1 is 1.15 bits per heavy atom. The molecular weight excluding hydrogens is 368 g/mol. The minimum Gasteiger partial charge on any atom is -0.301 e. The first kappa shape index (κ1) is 19.8. The van der Waals surface area contributed by atoms with Crippen LogP contribution in [0.1, 0.15) is 50.6 Å². The van der Waals surface area contributed by atoms with E-state index in [2.05, 4.69) is 6.92 Å². The van der Waals surface area contributed by atoms with Crippen molar-refractivity contribution in [2.24, 2.45) is 0 Å². The highest BCUT2D eigenvalue weighted by Crippen LogP contribution is 2.40. The molecule has 0 aliphatic carbocycles. The van der Waals surface area contributed by atoms with E-state index in [1.54, 1.807) is 6.07 Å². The van der Waals surface area contributed by atoms with Gasteiger partial charge < -0.3 is 4.79 Å². The van der Waals surface area contributed by atoms with Crippen molar-refractivity contribution < 1.29 is 13.6 Å². The van der Waals surface area contributed by atoms with Gasteiger partial charge >= 0.3 is 0 Å². The zero-order valence-electron chi connectivity index (χ0n) is 15.3. The highest BCUT2D eigenvalue weighted by molar-refractivity contribution is 7.99. The van der Waals surface area contributed by atoms with Crippen LogP contribution in [0.4, 0.5) is 8.78 Å². The normalized spacial score (nSPS) is 15.7. The van der Waals surface area contributed by atoms with Crippen LogP contribution in [-0.4, -0.2) is 16.6 Å². The third kappa shape index (κ3) is 4.15. The first-order valence-electron chi connectivity index (χ1n) is 9.38. The van der Waals surface area contributed by atoms with E-state index in [9.17, 15) is 18.4 Å². The Kier molecular flexibility index (Phi) is 6.47. The number of aryl methyl sites for hydroxylation is 1. The van der Waals surface area contributed by atoms with E-state index in [0.717, 1.165) is 49.2 Å². The molecule has 0 amide bonds. The van der Waals surface area contributed by atoms with E-state index in [1.807, 2.05) is 0 Å². The molecule has 0 bridgehead atoms. The molecule has 1 aromatic carbocycles. The number of benzene rings is 1. The number of fused-ring (bicyclic) bond motifs is 1. The molecule has 3 nitrogen and oxygen atoms in total. The number of hydrogen-bond acceptors (Lipinski definition) is 3. The van der Waals surface area contributed by atoms with Gasteiger partial charge in [-0.3, -0.25) is 9.36 Å². The van der Waals surface area contributed by atoms with E-state index in [4.69, 9.17) is 0 Å². The Hall–Kier alpha value is -1.95. The van der Waals surface area contributed by atoms with Crippen molar-refractivity contribution in [1.29, 1.82) is 0 Å². The minimum atomic E-state index is -0.915. The van der Waals surface area contributed by atoms with Crippen LogP contribution in [0.5, 0.6) is 0 Å². The van der Waals surface area contributed by atoms with Crippen molar-refractivity contribution in [3.63, 3.8) is 0 Å². The van der Waals surface area contributed by atoms with Crippen molar-refractivity contribution >= 4 is 18.0 Å². The smallest absolute Gasteiger partial charge is 0.252 e. The monoisotopic (exact) mass is 391 g/mol. The lowest BCUT2D eigenvalue weighted by Gasteiger charge is -2.16. The largest absolute Gasteiger partial charge is 0.301 e. The molecule has 2 aromatic rings. The number of aromatic nitrogens is 1. The number of rotatable bonds is 8. The predicted octanol–water partition coefficient (Wildman–Crippen LogP) is 5.15. The zero-order chi connectivity index (χ0) is 19.4. The van der Waals surface area contributed by atoms with Crippen LogP contribution in [0, 0.1) is 11.6 Å². The average molecular weight is 391 g/mol. The van der Waals surface area contributed by atoms with Crippen molar-refractivity contribution in [2.75, 3.05) is 5.75 Å². The third-order valence-electron chi connectivity index (χ3n) is 4.93. The summed E-state index contributed by atoms with van der Waals surface area (Å²) in [5.74, 6) is -1.33. The molecule has 1 aliphatic heterocycles. The lowest BCUT2D eigenvalue weighted by Crippen LogP contribution is -2.25. The second-order valence-electron chi connectivity index (χ2n) is 6.87. The maximum Gasteiger partial charge on any atom is 0.252 e. The molecule has 3 rings (SSSR count). The van der Waals surface area contributed by atoms with Crippen LogP contribution >= 0.6 is 11.8 Å². The number of nitrogens with zero attached hydrogens (tertiary/aromatic N) is 1. The Bertz CT molecular complexity index is 894. The van der Waals surface area contributed by atoms with Crippen LogP contribution in [0.25, 0.3) is 11.1 Å². The summed E-state index contributed by atoms with van der Waals surface area (Å²) in [4.78, 5) is 23.9. The number of carbonyl (C=O) groups is 1. The Morgan fingerprint density at radius 3 is 2.63 bits per heavy atom. The number of aldehydes is 1. The summed E-state index contributed by atoms with van der Waals surface area (Å²) in [6.45, 7) is 2.16. The van der Waals surface area contributed by atoms with Crippen molar-refractivity contribution in [1.82, 2.24) is 4.57 Å². The van der Waals surface area contributed by atoms with Crippen molar-refractivity contribution in [3.05, 3.63) is 51.8 Å². The Morgan fingerprint density at radius 2 is 1.93 bits per heavy atom. The van der Waals surface area contributed by atoms with Gasteiger partial charge in [0.1, 0.15) is 12.3 Å². The van der Waals surface area contributed by atoms with Crippen LogP contribution < -0.4 is 5.56 Å². The van der Waals surface area contributed by atoms with E-state index >= 15 is 0 Å². The third-order valence-corrected chi connectivity index (χ3v) is 6.11. The molecule has 6 heteroatoms. The number of carbonyl (C=O) groups excluding carboxylic acids is 1. The number of unbranched alkanes of at least 4 members (excludes halogenated alkanes) is 4. The molecule has 27 heavy (non-hydrogen) atoms. The topological polar surface area (TPSA) is 39.1 Å². The molecule has 0 fully saturated rings.